The molecular weight excluding hydrogens is 566 g/mol. The van der Waals surface area contributed by atoms with Crippen LogP contribution in [0.3, 0.4) is 0 Å². The molecule has 6 N–H and O–H groups in total. The maximum absolute atomic E-state index is 12.3. The number of aliphatic hydroxyl groups is 5. The molecule has 0 spiro atoms. The first-order valence-corrected chi connectivity index (χ1v) is 19.2. The van der Waals surface area contributed by atoms with E-state index in [9.17, 15) is 30.3 Å². The van der Waals surface area contributed by atoms with Crippen molar-refractivity contribution < 1.29 is 30.3 Å². The Hall–Kier alpha value is -0.730. The molecule has 0 aromatic heterocycles. The van der Waals surface area contributed by atoms with Crippen LogP contribution in [0, 0.1) is 11.8 Å². The fourth-order valence-corrected chi connectivity index (χ4v) is 6.39. The molecule has 0 fully saturated rings. The van der Waals surface area contributed by atoms with Gasteiger partial charge in [0.2, 0.25) is 5.91 Å². The van der Waals surface area contributed by atoms with E-state index in [0.29, 0.717) is 32.1 Å². The van der Waals surface area contributed by atoms with Gasteiger partial charge in [-0.05, 0) is 57.3 Å². The largest absolute Gasteiger partial charge is 0.393 e. The van der Waals surface area contributed by atoms with Crippen LogP contribution in [0.1, 0.15) is 189 Å². The average molecular weight is 644 g/mol. The summed E-state index contributed by atoms with van der Waals surface area (Å²) in [7, 11) is 0. The van der Waals surface area contributed by atoms with E-state index < -0.39 is 36.6 Å². The number of carbonyl (C=O) groups is 1. The first kappa shape index (κ1) is 44.3. The predicted molar refractivity (Wildman–Crippen MR) is 188 cm³/mol. The van der Waals surface area contributed by atoms with Crippen LogP contribution < -0.4 is 5.32 Å². The number of aliphatic hydroxyl groups excluding tert-OH is 5. The fraction of sp³-hybridized carbons (Fsp3) is 0.974. The van der Waals surface area contributed by atoms with Crippen molar-refractivity contribution in [3.63, 3.8) is 0 Å². The lowest BCUT2D eigenvalue weighted by Gasteiger charge is -2.26. The summed E-state index contributed by atoms with van der Waals surface area (Å²) in [5, 5.41) is 55.1. The van der Waals surface area contributed by atoms with Crippen LogP contribution in [0.4, 0.5) is 0 Å². The number of nitrogens with one attached hydrogen (secondary N) is 1. The van der Waals surface area contributed by atoms with E-state index in [-0.39, 0.29) is 24.2 Å². The second-order valence-electron chi connectivity index (χ2n) is 14.5. The third-order valence-corrected chi connectivity index (χ3v) is 9.62. The monoisotopic (exact) mass is 644 g/mol. The highest BCUT2D eigenvalue weighted by Gasteiger charge is 2.25. The Bertz CT molecular complexity index is 664. The van der Waals surface area contributed by atoms with E-state index in [1.165, 1.54) is 70.6 Å². The Morgan fingerprint density at radius 2 is 1.00 bits per heavy atom. The van der Waals surface area contributed by atoms with Crippen LogP contribution in [-0.2, 0) is 4.79 Å². The zero-order chi connectivity index (χ0) is 33.9. The first-order valence-electron chi connectivity index (χ1n) is 19.2. The zero-order valence-corrected chi connectivity index (χ0v) is 30.2. The summed E-state index contributed by atoms with van der Waals surface area (Å²) < 4.78 is 0. The smallest absolute Gasteiger partial charge is 0.220 e. The third kappa shape index (κ3) is 26.0. The maximum atomic E-state index is 12.3. The lowest BCUT2D eigenvalue weighted by molar-refractivity contribution is -0.122. The second kappa shape index (κ2) is 29.4. The van der Waals surface area contributed by atoms with E-state index in [0.717, 1.165) is 44.9 Å². The maximum Gasteiger partial charge on any atom is 0.220 e. The SMILES string of the molecule is CCCCCCCCCCCCCCCC(=O)N[C@@H](C)[C@@H](O)C[C@H](O)CCCC[C@@H](O)C[C@@H](C)C[C@H](O)[C@H](O)[C@H](C)CCCC. The summed E-state index contributed by atoms with van der Waals surface area (Å²) in [6, 6.07) is -0.402. The van der Waals surface area contributed by atoms with E-state index in [2.05, 4.69) is 19.2 Å². The van der Waals surface area contributed by atoms with Gasteiger partial charge in [-0.25, -0.2) is 0 Å². The Labute approximate surface area is 278 Å². The topological polar surface area (TPSA) is 130 Å². The molecule has 0 bridgehead atoms. The molecule has 0 aliphatic heterocycles. The standard InChI is InChI=1S/C38H77NO6/c1-6-8-10-11-12-13-14-15-16-17-18-19-20-26-37(44)39-32(5)35(42)29-34(41)25-22-21-24-33(40)27-30(3)28-36(43)38(45)31(4)23-9-7-2/h30-36,38,40-43,45H,6-29H2,1-5H3,(H,39,44)/t30-,31-,32+,33-,34-,35+,36+,38-/m1/s1. The van der Waals surface area contributed by atoms with Crippen molar-refractivity contribution in [2.75, 3.05) is 0 Å². The third-order valence-electron chi connectivity index (χ3n) is 9.62. The Morgan fingerprint density at radius 3 is 1.51 bits per heavy atom. The van der Waals surface area contributed by atoms with Gasteiger partial charge in [0.05, 0.1) is 36.6 Å². The molecule has 0 saturated carbocycles. The van der Waals surface area contributed by atoms with Gasteiger partial charge in [0.15, 0.2) is 0 Å². The molecule has 0 radical (unpaired) electrons. The molecule has 0 aliphatic carbocycles. The number of hydrogen-bond acceptors (Lipinski definition) is 6. The van der Waals surface area contributed by atoms with Crippen LogP contribution in [0.5, 0.6) is 0 Å². The molecule has 7 heteroatoms. The summed E-state index contributed by atoms with van der Waals surface area (Å²) in [6.07, 6.45) is 20.6. The Kier molecular flexibility index (Phi) is 28.9. The summed E-state index contributed by atoms with van der Waals surface area (Å²) >= 11 is 0. The van der Waals surface area contributed by atoms with Crippen LogP contribution in [0.15, 0.2) is 0 Å². The van der Waals surface area contributed by atoms with Crippen LogP contribution in [0.2, 0.25) is 0 Å². The number of unbranched alkanes of at least 4 members (excludes halogenated alkanes) is 14. The summed E-state index contributed by atoms with van der Waals surface area (Å²) in [5.41, 5.74) is 0. The van der Waals surface area contributed by atoms with Gasteiger partial charge in [0.25, 0.3) is 0 Å². The highest BCUT2D eigenvalue weighted by Crippen LogP contribution is 2.23. The normalized spacial score (nSPS) is 17.3. The van der Waals surface area contributed by atoms with E-state index in [1.807, 2.05) is 13.8 Å². The van der Waals surface area contributed by atoms with Crippen LogP contribution in [0.25, 0.3) is 0 Å². The quantitative estimate of drug-likeness (QED) is 0.0412. The predicted octanol–water partition coefficient (Wildman–Crippen LogP) is 7.97. The van der Waals surface area contributed by atoms with Crippen LogP contribution >= 0.6 is 0 Å². The molecule has 270 valence electrons. The molecular formula is C38H77NO6. The van der Waals surface area contributed by atoms with Crippen LogP contribution in [-0.4, -0.2) is 68.0 Å². The van der Waals surface area contributed by atoms with Gasteiger partial charge >= 0.3 is 0 Å². The lowest BCUT2D eigenvalue weighted by Crippen LogP contribution is -2.42. The van der Waals surface area contributed by atoms with Gasteiger partial charge in [-0.3, -0.25) is 4.79 Å². The molecule has 0 unspecified atom stereocenters. The number of carbonyl (C=O) groups excluding carboxylic acids is 1. The molecule has 7 nitrogen and oxygen atoms in total. The van der Waals surface area contributed by atoms with Crippen molar-refractivity contribution in [3.05, 3.63) is 0 Å². The summed E-state index contributed by atoms with van der Waals surface area (Å²) in [6.45, 7) is 10.1. The highest BCUT2D eigenvalue weighted by molar-refractivity contribution is 5.76. The molecule has 0 aromatic carbocycles. The summed E-state index contributed by atoms with van der Waals surface area (Å²) in [5.74, 6) is 0.135. The second-order valence-corrected chi connectivity index (χ2v) is 14.5. The van der Waals surface area contributed by atoms with Gasteiger partial charge in [0, 0.05) is 12.8 Å². The molecule has 45 heavy (non-hydrogen) atoms. The Morgan fingerprint density at radius 1 is 0.533 bits per heavy atom. The summed E-state index contributed by atoms with van der Waals surface area (Å²) in [4.78, 5) is 12.3. The molecule has 8 atom stereocenters. The van der Waals surface area contributed by atoms with Crippen molar-refractivity contribution in [3.8, 4) is 0 Å². The molecule has 0 saturated heterocycles. The minimum absolute atomic E-state index is 0.0321. The molecule has 0 aromatic rings. The molecule has 0 heterocycles. The first-order chi connectivity index (χ1) is 21.5. The van der Waals surface area contributed by atoms with Crippen molar-refractivity contribution in [2.45, 2.75) is 225 Å². The van der Waals surface area contributed by atoms with Gasteiger partial charge in [0.1, 0.15) is 0 Å². The lowest BCUT2D eigenvalue weighted by atomic mass is 9.88. The highest BCUT2D eigenvalue weighted by atomic mass is 16.3. The number of hydrogen-bond donors (Lipinski definition) is 6. The minimum atomic E-state index is -0.798. The van der Waals surface area contributed by atoms with Gasteiger partial charge in [-0.15, -0.1) is 0 Å². The Balaban J connectivity index is 3.89. The van der Waals surface area contributed by atoms with Crippen molar-refractivity contribution in [1.29, 1.82) is 0 Å². The van der Waals surface area contributed by atoms with E-state index in [4.69, 9.17) is 0 Å². The minimum Gasteiger partial charge on any atom is -0.393 e. The zero-order valence-electron chi connectivity index (χ0n) is 30.2. The van der Waals surface area contributed by atoms with E-state index in [1.54, 1.807) is 6.92 Å². The average Bonchev–Trinajstić information content (AvgIpc) is 2.99. The molecule has 1 amide bonds. The molecule has 0 rings (SSSR count). The van der Waals surface area contributed by atoms with Crippen molar-refractivity contribution in [2.24, 2.45) is 11.8 Å². The van der Waals surface area contributed by atoms with Crippen molar-refractivity contribution in [1.82, 2.24) is 5.32 Å². The fourth-order valence-electron chi connectivity index (χ4n) is 6.39. The van der Waals surface area contributed by atoms with Gasteiger partial charge in [-0.1, -0.05) is 130 Å². The molecule has 0 aliphatic rings. The van der Waals surface area contributed by atoms with Crippen molar-refractivity contribution >= 4 is 5.91 Å². The number of amides is 1. The van der Waals surface area contributed by atoms with Gasteiger partial charge in [-0.2, -0.15) is 0 Å². The number of rotatable bonds is 32. The van der Waals surface area contributed by atoms with Gasteiger partial charge < -0.3 is 30.8 Å². The van der Waals surface area contributed by atoms with E-state index >= 15 is 0 Å².